The molecule has 0 aliphatic carbocycles. The molecule has 36 heavy (non-hydrogen) atoms. The number of rotatable bonds is 8. The number of primary amides is 1. The predicted octanol–water partition coefficient (Wildman–Crippen LogP) is 4.02. The topological polar surface area (TPSA) is 95.7 Å². The van der Waals surface area contributed by atoms with Gasteiger partial charge in [0.25, 0.3) is 0 Å². The molecule has 1 atom stereocenters. The zero-order valence-corrected chi connectivity index (χ0v) is 21.8. The average Bonchev–Trinajstić information content (AvgIpc) is 3.17. The molecule has 2 aliphatic rings. The number of anilines is 1. The molecule has 0 spiro atoms. The lowest BCUT2D eigenvalue weighted by Crippen LogP contribution is -2.39. The molecule has 8 nitrogen and oxygen atoms in total. The van der Waals surface area contributed by atoms with Gasteiger partial charge in [-0.15, -0.1) is 0 Å². The van der Waals surface area contributed by atoms with E-state index in [1.165, 1.54) is 25.7 Å². The van der Waals surface area contributed by atoms with E-state index in [9.17, 15) is 9.59 Å². The molecule has 0 saturated carbocycles. The number of hydrogen-bond donors (Lipinski definition) is 1. The van der Waals surface area contributed by atoms with Gasteiger partial charge >= 0.3 is 0 Å². The standard InChI is InChI=1S/C28H40N6O2/c1-32(2)28-30-20-23(21-11-9-12-22(19-21)27(29)36)26(31-28)24-13-5-8-18-34(24)25(35)14-10-17-33-15-6-3-4-7-16-33/h9,11-12,19-20,24H,3-8,10,13-18H2,1-2H3,(H2,29,36)/t24-/m1/s1. The molecular formula is C28H40N6O2. The van der Waals surface area contributed by atoms with Crippen molar-refractivity contribution in [1.82, 2.24) is 19.8 Å². The van der Waals surface area contributed by atoms with Crippen LogP contribution in [0, 0.1) is 0 Å². The zero-order valence-electron chi connectivity index (χ0n) is 21.8. The molecule has 4 rings (SSSR count). The molecule has 1 aromatic carbocycles. The van der Waals surface area contributed by atoms with Gasteiger partial charge in [0.1, 0.15) is 0 Å². The first-order valence-corrected chi connectivity index (χ1v) is 13.4. The second-order valence-electron chi connectivity index (χ2n) is 10.3. The lowest BCUT2D eigenvalue weighted by molar-refractivity contribution is -0.135. The van der Waals surface area contributed by atoms with E-state index in [1.54, 1.807) is 12.1 Å². The van der Waals surface area contributed by atoms with Crippen LogP contribution in [-0.4, -0.2) is 71.9 Å². The Morgan fingerprint density at radius 3 is 2.53 bits per heavy atom. The maximum Gasteiger partial charge on any atom is 0.248 e. The summed E-state index contributed by atoms with van der Waals surface area (Å²) >= 11 is 0. The van der Waals surface area contributed by atoms with E-state index in [2.05, 4.69) is 9.88 Å². The third-order valence-corrected chi connectivity index (χ3v) is 7.37. The first kappa shape index (κ1) is 26.1. The molecule has 8 heteroatoms. The minimum atomic E-state index is -0.469. The van der Waals surface area contributed by atoms with Crippen LogP contribution in [0.5, 0.6) is 0 Å². The van der Waals surface area contributed by atoms with Crippen LogP contribution in [0.4, 0.5) is 5.95 Å². The number of carbonyl (C=O) groups excluding carboxylic acids is 2. The summed E-state index contributed by atoms with van der Waals surface area (Å²) in [5, 5.41) is 0. The molecule has 0 radical (unpaired) electrons. The summed E-state index contributed by atoms with van der Waals surface area (Å²) in [7, 11) is 3.83. The van der Waals surface area contributed by atoms with Gasteiger partial charge in [-0.1, -0.05) is 25.0 Å². The molecule has 2 N–H and O–H groups in total. The zero-order chi connectivity index (χ0) is 25.5. The fourth-order valence-electron chi connectivity index (χ4n) is 5.39. The highest BCUT2D eigenvalue weighted by Crippen LogP contribution is 2.37. The fourth-order valence-corrected chi connectivity index (χ4v) is 5.39. The fraction of sp³-hybridized carbons (Fsp3) is 0.571. The molecule has 2 aromatic rings. The van der Waals surface area contributed by atoms with E-state index in [-0.39, 0.29) is 11.9 Å². The minimum Gasteiger partial charge on any atom is -0.366 e. The SMILES string of the molecule is CN(C)c1ncc(-c2cccc(C(N)=O)c2)c([C@H]2CCCCN2C(=O)CCCN2CCCCCC2)n1. The summed E-state index contributed by atoms with van der Waals surface area (Å²) in [5.74, 6) is 0.346. The van der Waals surface area contributed by atoms with Gasteiger partial charge in [-0.25, -0.2) is 9.97 Å². The lowest BCUT2D eigenvalue weighted by Gasteiger charge is -2.37. The van der Waals surface area contributed by atoms with Gasteiger partial charge in [0.2, 0.25) is 17.8 Å². The summed E-state index contributed by atoms with van der Waals surface area (Å²) in [4.78, 5) is 41.2. The Morgan fingerprint density at radius 1 is 1.06 bits per heavy atom. The van der Waals surface area contributed by atoms with Crippen molar-refractivity contribution in [2.45, 2.75) is 63.8 Å². The Bertz CT molecular complexity index is 1050. The van der Waals surface area contributed by atoms with E-state index in [0.29, 0.717) is 17.9 Å². The Morgan fingerprint density at radius 2 is 1.81 bits per heavy atom. The van der Waals surface area contributed by atoms with Crippen molar-refractivity contribution in [3.05, 3.63) is 41.7 Å². The molecule has 1 aromatic heterocycles. The Balaban J connectivity index is 1.57. The molecule has 2 saturated heterocycles. The van der Waals surface area contributed by atoms with Crippen molar-refractivity contribution in [2.75, 3.05) is 45.2 Å². The highest BCUT2D eigenvalue weighted by Gasteiger charge is 2.31. The average molecular weight is 493 g/mol. The summed E-state index contributed by atoms with van der Waals surface area (Å²) < 4.78 is 0. The highest BCUT2D eigenvalue weighted by atomic mass is 16.2. The van der Waals surface area contributed by atoms with E-state index in [4.69, 9.17) is 10.7 Å². The molecule has 3 heterocycles. The normalized spacial score (nSPS) is 19.1. The molecule has 2 fully saturated rings. The molecular weight excluding hydrogens is 452 g/mol. The quantitative estimate of drug-likeness (QED) is 0.598. The van der Waals surface area contributed by atoms with Crippen LogP contribution in [0.2, 0.25) is 0 Å². The summed E-state index contributed by atoms with van der Waals surface area (Å²) in [5.41, 5.74) is 8.52. The van der Waals surface area contributed by atoms with Crippen molar-refractivity contribution in [3.8, 4) is 11.1 Å². The van der Waals surface area contributed by atoms with Crippen molar-refractivity contribution < 1.29 is 9.59 Å². The first-order chi connectivity index (χ1) is 17.4. The number of piperidine rings is 1. The largest absolute Gasteiger partial charge is 0.366 e. The second kappa shape index (κ2) is 12.3. The van der Waals surface area contributed by atoms with Crippen LogP contribution in [0.3, 0.4) is 0 Å². The van der Waals surface area contributed by atoms with Gasteiger partial charge in [0, 0.05) is 44.4 Å². The van der Waals surface area contributed by atoms with Crippen molar-refractivity contribution >= 4 is 17.8 Å². The van der Waals surface area contributed by atoms with Crippen molar-refractivity contribution in [2.24, 2.45) is 5.73 Å². The summed E-state index contributed by atoms with van der Waals surface area (Å²) in [6, 6.07) is 7.15. The number of nitrogens with two attached hydrogens (primary N) is 1. The second-order valence-corrected chi connectivity index (χ2v) is 10.3. The number of carbonyl (C=O) groups is 2. The number of amides is 2. The predicted molar refractivity (Wildman–Crippen MR) is 143 cm³/mol. The Labute approximate surface area is 214 Å². The molecule has 2 aliphatic heterocycles. The molecule has 194 valence electrons. The number of likely N-dealkylation sites (tertiary alicyclic amines) is 2. The maximum absolute atomic E-state index is 13.5. The van der Waals surface area contributed by atoms with Crippen LogP contribution in [0.25, 0.3) is 11.1 Å². The third-order valence-electron chi connectivity index (χ3n) is 7.37. The molecule has 0 bridgehead atoms. The van der Waals surface area contributed by atoms with Crippen LogP contribution in [0.15, 0.2) is 30.5 Å². The highest BCUT2D eigenvalue weighted by molar-refractivity contribution is 5.94. The Kier molecular flexibility index (Phi) is 8.91. The van der Waals surface area contributed by atoms with Gasteiger partial charge in [-0.05, 0) is 75.9 Å². The van der Waals surface area contributed by atoms with Gasteiger partial charge in [0.15, 0.2) is 0 Å². The smallest absolute Gasteiger partial charge is 0.248 e. The first-order valence-electron chi connectivity index (χ1n) is 13.4. The van der Waals surface area contributed by atoms with E-state index >= 15 is 0 Å². The van der Waals surface area contributed by atoms with Crippen LogP contribution < -0.4 is 10.6 Å². The van der Waals surface area contributed by atoms with Gasteiger partial charge < -0.3 is 20.4 Å². The van der Waals surface area contributed by atoms with Crippen LogP contribution >= 0.6 is 0 Å². The van der Waals surface area contributed by atoms with E-state index < -0.39 is 5.91 Å². The van der Waals surface area contributed by atoms with E-state index in [1.807, 2.05) is 42.2 Å². The number of nitrogens with zero attached hydrogens (tertiary/aromatic N) is 5. The number of hydrogen-bond acceptors (Lipinski definition) is 6. The third kappa shape index (κ3) is 6.40. The molecule has 2 amide bonds. The Hall–Kier alpha value is -3.00. The molecule has 0 unspecified atom stereocenters. The van der Waals surface area contributed by atoms with Gasteiger partial charge in [0.05, 0.1) is 11.7 Å². The monoisotopic (exact) mass is 492 g/mol. The number of benzene rings is 1. The van der Waals surface area contributed by atoms with Gasteiger partial charge in [-0.3, -0.25) is 9.59 Å². The maximum atomic E-state index is 13.5. The van der Waals surface area contributed by atoms with Gasteiger partial charge in [-0.2, -0.15) is 0 Å². The van der Waals surface area contributed by atoms with Crippen molar-refractivity contribution in [3.63, 3.8) is 0 Å². The van der Waals surface area contributed by atoms with Crippen molar-refractivity contribution in [1.29, 1.82) is 0 Å². The lowest BCUT2D eigenvalue weighted by atomic mass is 9.93. The van der Waals surface area contributed by atoms with Crippen LogP contribution in [0.1, 0.15) is 79.9 Å². The number of aromatic nitrogens is 2. The summed E-state index contributed by atoms with van der Waals surface area (Å²) in [6.45, 7) is 4.05. The minimum absolute atomic E-state index is 0.113. The van der Waals surface area contributed by atoms with Crippen LogP contribution in [-0.2, 0) is 4.79 Å². The van der Waals surface area contributed by atoms with E-state index in [0.717, 1.165) is 68.7 Å². The summed E-state index contributed by atoms with van der Waals surface area (Å²) in [6.07, 6.45) is 11.4.